The van der Waals surface area contributed by atoms with Crippen LogP contribution in [-0.4, -0.2) is 16.6 Å². The number of hydrogen-bond acceptors (Lipinski definition) is 3. The van der Waals surface area contributed by atoms with E-state index in [1.807, 2.05) is 37.3 Å². The molecule has 2 rings (SSSR count). The van der Waals surface area contributed by atoms with Crippen molar-refractivity contribution in [1.82, 2.24) is 10.4 Å². The Hall–Kier alpha value is -2.49. The maximum Gasteiger partial charge on any atom is 0.289 e. The SMILES string of the molecule is C/C(=N/NC(=O)c1ccccn1)c1ccccc1. The van der Waals surface area contributed by atoms with Gasteiger partial charge in [0, 0.05) is 6.20 Å². The van der Waals surface area contributed by atoms with Crippen molar-refractivity contribution in [2.24, 2.45) is 5.10 Å². The highest BCUT2D eigenvalue weighted by Gasteiger charge is 2.04. The summed E-state index contributed by atoms with van der Waals surface area (Å²) in [5.74, 6) is -0.314. The van der Waals surface area contributed by atoms with Gasteiger partial charge in [-0.1, -0.05) is 36.4 Å². The van der Waals surface area contributed by atoms with Crippen molar-refractivity contribution < 1.29 is 4.79 Å². The van der Waals surface area contributed by atoms with Gasteiger partial charge in [-0.3, -0.25) is 9.78 Å². The molecule has 0 bridgehead atoms. The molecule has 0 aliphatic carbocycles. The molecule has 18 heavy (non-hydrogen) atoms. The summed E-state index contributed by atoms with van der Waals surface area (Å²) in [4.78, 5) is 15.6. The lowest BCUT2D eigenvalue weighted by Crippen LogP contribution is -2.20. The minimum atomic E-state index is -0.314. The van der Waals surface area contributed by atoms with E-state index in [0.29, 0.717) is 5.69 Å². The number of rotatable bonds is 3. The van der Waals surface area contributed by atoms with Crippen LogP contribution in [0.5, 0.6) is 0 Å². The zero-order valence-electron chi connectivity index (χ0n) is 10.00. The Bertz CT molecular complexity index is 550. The molecule has 1 heterocycles. The fraction of sp³-hybridized carbons (Fsp3) is 0.0714. The van der Waals surface area contributed by atoms with Gasteiger partial charge in [-0.2, -0.15) is 5.10 Å². The van der Waals surface area contributed by atoms with Gasteiger partial charge in [-0.25, -0.2) is 5.43 Å². The van der Waals surface area contributed by atoms with Gasteiger partial charge in [0.05, 0.1) is 5.71 Å². The van der Waals surface area contributed by atoms with Crippen LogP contribution in [0.25, 0.3) is 0 Å². The Kier molecular flexibility index (Phi) is 3.81. The summed E-state index contributed by atoms with van der Waals surface area (Å²) in [6.45, 7) is 1.84. The van der Waals surface area contributed by atoms with Crippen LogP contribution in [0.2, 0.25) is 0 Å². The quantitative estimate of drug-likeness (QED) is 0.659. The maximum absolute atomic E-state index is 11.7. The summed E-state index contributed by atoms with van der Waals surface area (Å²) >= 11 is 0. The molecule has 90 valence electrons. The molecular weight excluding hydrogens is 226 g/mol. The van der Waals surface area contributed by atoms with E-state index in [0.717, 1.165) is 11.3 Å². The van der Waals surface area contributed by atoms with Gasteiger partial charge < -0.3 is 0 Å². The molecule has 0 radical (unpaired) electrons. The summed E-state index contributed by atoms with van der Waals surface area (Å²) < 4.78 is 0. The smallest absolute Gasteiger partial charge is 0.266 e. The lowest BCUT2D eigenvalue weighted by molar-refractivity contribution is 0.0950. The molecule has 0 aliphatic heterocycles. The Morgan fingerprint density at radius 3 is 2.50 bits per heavy atom. The van der Waals surface area contributed by atoms with Gasteiger partial charge in [0.2, 0.25) is 0 Å². The topological polar surface area (TPSA) is 54.4 Å². The van der Waals surface area contributed by atoms with Crippen LogP contribution >= 0.6 is 0 Å². The highest BCUT2D eigenvalue weighted by Crippen LogP contribution is 2.00. The monoisotopic (exact) mass is 239 g/mol. The summed E-state index contributed by atoms with van der Waals surface area (Å²) in [6, 6.07) is 14.8. The number of nitrogens with one attached hydrogen (secondary N) is 1. The number of carbonyl (C=O) groups is 1. The fourth-order valence-corrected chi connectivity index (χ4v) is 1.43. The van der Waals surface area contributed by atoms with E-state index in [1.54, 1.807) is 24.4 Å². The number of hydrogen-bond donors (Lipinski definition) is 1. The van der Waals surface area contributed by atoms with Crippen LogP contribution in [0.1, 0.15) is 23.0 Å². The van der Waals surface area contributed by atoms with E-state index >= 15 is 0 Å². The predicted molar refractivity (Wildman–Crippen MR) is 70.4 cm³/mol. The fourth-order valence-electron chi connectivity index (χ4n) is 1.43. The van der Waals surface area contributed by atoms with Crippen LogP contribution in [0.15, 0.2) is 59.8 Å². The molecule has 1 aromatic carbocycles. The molecule has 4 heteroatoms. The molecule has 2 aromatic rings. The third kappa shape index (κ3) is 3.01. The van der Waals surface area contributed by atoms with Gasteiger partial charge in [-0.05, 0) is 24.6 Å². The minimum absolute atomic E-state index is 0.314. The van der Waals surface area contributed by atoms with E-state index in [2.05, 4.69) is 15.5 Å². The van der Waals surface area contributed by atoms with Crippen molar-refractivity contribution in [2.75, 3.05) is 0 Å². The molecule has 1 N–H and O–H groups in total. The first-order valence-electron chi connectivity index (χ1n) is 5.58. The highest BCUT2D eigenvalue weighted by molar-refractivity contribution is 6.00. The van der Waals surface area contributed by atoms with Crippen LogP contribution < -0.4 is 5.43 Å². The molecule has 0 aliphatic rings. The third-order valence-corrected chi connectivity index (χ3v) is 2.41. The van der Waals surface area contributed by atoms with Crippen molar-refractivity contribution >= 4 is 11.6 Å². The van der Waals surface area contributed by atoms with Crippen LogP contribution in [0, 0.1) is 0 Å². The van der Waals surface area contributed by atoms with Gasteiger partial charge in [0.25, 0.3) is 5.91 Å². The summed E-state index contributed by atoms with van der Waals surface area (Å²) in [6.07, 6.45) is 1.57. The molecular formula is C14H13N3O. The van der Waals surface area contributed by atoms with Crippen molar-refractivity contribution in [3.8, 4) is 0 Å². The van der Waals surface area contributed by atoms with Gasteiger partial charge >= 0.3 is 0 Å². The average Bonchev–Trinajstić information content (AvgIpc) is 2.46. The van der Waals surface area contributed by atoms with Gasteiger partial charge in [0.1, 0.15) is 5.69 Å². The summed E-state index contributed by atoms with van der Waals surface area (Å²) in [7, 11) is 0. The summed E-state index contributed by atoms with van der Waals surface area (Å²) in [5, 5.41) is 4.05. The minimum Gasteiger partial charge on any atom is -0.266 e. The number of amides is 1. The largest absolute Gasteiger partial charge is 0.289 e. The Morgan fingerprint density at radius 1 is 1.11 bits per heavy atom. The Labute approximate surface area is 105 Å². The first kappa shape index (κ1) is 12.0. The highest BCUT2D eigenvalue weighted by atomic mass is 16.2. The van der Waals surface area contributed by atoms with Crippen LogP contribution in [0.4, 0.5) is 0 Å². The molecule has 0 saturated heterocycles. The maximum atomic E-state index is 11.7. The number of pyridine rings is 1. The van der Waals surface area contributed by atoms with E-state index in [9.17, 15) is 4.79 Å². The average molecular weight is 239 g/mol. The normalized spacial score (nSPS) is 11.1. The van der Waals surface area contributed by atoms with E-state index in [-0.39, 0.29) is 5.91 Å². The first-order valence-corrected chi connectivity index (χ1v) is 5.58. The van der Waals surface area contributed by atoms with Crippen molar-refractivity contribution in [2.45, 2.75) is 6.92 Å². The van der Waals surface area contributed by atoms with Crippen molar-refractivity contribution in [1.29, 1.82) is 0 Å². The molecule has 4 nitrogen and oxygen atoms in total. The Morgan fingerprint density at radius 2 is 1.83 bits per heavy atom. The second-order valence-corrected chi connectivity index (χ2v) is 3.72. The van der Waals surface area contributed by atoms with Gasteiger partial charge in [-0.15, -0.1) is 0 Å². The molecule has 0 spiro atoms. The van der Waals surface area contributed by atoms with Crippen LogP contribution in [0.3, 0.4) is 0 Å². The molecule has 1 amide bonds. The molecule has 0 atom stereocenters. The molecule has 0 unspecified atom stereocenters. The van der Waals surface area contributed by atoms with E-state index < -0.39 is 0 Å². The Balaban J connectivity index is 2.05. The van der Waals surface area contributed by atoms with Crippen LogP contribution in [-0.2, 0) is 0 Å². The second-order valence-electron chi connectivity index (χ2n) is 3.72. The lowest BCUT2D eigenvalue weighted by atomic mass is 10.1. The van der Waals surface area contributed by atoms with Gasteiger partial charge in [0.15, 0.2) is 0 Å². The molecule has 1 aromatic heterocycles. The lowest BCUT2D eigenvalue weighted by Gasteiger charge is -2.02. The van der Waals surface area contributed by atoms with Crippen molar-refractivity contribution in [3.63, 3.8) is 0 Å². The van der Waals surface area contributed by atoms with E-state index in [1.165, 1.54) is 0 Å². The standard InChI is InChI=1S/C14H13N3O/c1-11(12-7-3-2-4-8-12)16-17-14(18)13-9-5-6-10-15-13/h2-10H,1H3,(H,17,18)/b16-11-. The predicted octanol–water partition coefficient (Wildman–Crippen LogP) is 2.24. The molecule has 0 fully saturated rings. The first-order chi connectivity index (χ1) is 8.77. The van der Waals surface area contributed by atoms with E-state index in [4.69, 9.17) is 0 Å². The number of benzene rings is 1. The number of hydrazone groups is 1. The summed E-state index contributed by atoms with van der Waals surface area (Å²) in [5.41, 5.74) is 4.55. The third-order valence-electron chi connectivity index (χ3n) is 2.41. The molecule has 0 saturated carbocycles. The number of carbonyl (C=O) groups excluding carboxylic acids is 1. The van der Waals surface area contributed by atoms with Crippen molar-refractivity contribution in [3.05, 3.63) is 66.0 Å². The number of nitrogens with zero attached hydrogens (tertiary/aromatic N) is 2. The second kappa shape index (κ2) is 5.72. The zero-order chi connectivity index (χ0) is 12.8. The number of aromatic nitrogens is 1. The zero-order valence-corrected chi connectivity index (χ0v) is 10.00.